The summed E-state index contributed by atoms with van der Waals surface area (Å²) in [4.78, 5) is 39.4. The van der Waals surface area contributed by atoms with Crippen molar-refractivity contribution < 1.29 is 23.5 Å². The lowest BCUT2D eigenvalue weighted by molar-refractivity contribution is -0.150. The summed E-state index contributed by atoms with van der Waals surface area (Å²) in [6, 6.07) is 18.4. The van der Waals surface area contributed by atoms with E-state index < -0.39 is 24.5 Å². The van der Waals surface area contributed by atoms with Crippen LogP contribution in [0.25, 0.3) is 0 Å². The predicted octanol–water partition coefficient (Wildman–Crippen LogP) is 2.88. The summed E-state index contributed by atoms with van der Waals surface area (Å²) in [6.07, 6.45) is 2.14. The summed E-state index contributed by atoms with van der Waals surface area (Å²) in [5.41, 5.74) is 2.47. The second-order valence-corrected chi connectivity index (χ2v) is 6.83. The van der Waals surface area contributed by atoms with Crippen LogP contribution in [-0.4, -0.2) is 30.9 Å². The van der Waals surface area contributed by atoms with Gasteiger partial charge in [0.15, 0.2) is 18.4 Å². The van der Waals surface area contributed by atoms with E-state index in [9.17, 15) is 14.4 Å². The molecule has 7 heteroatoms. The van der Waals surface area contributed by atoms with Gasteiger partial charge < -0.3 is 19.4 Å². The van der Waals surface area contributed by atoms with Gasteiger partial charge in [0.25, 0.3) is 11.8 Å². The Balaban J connectivity index is 1.44. The molecule has 2 amide bonds. The van der Waals surface area contributed by atoms with Crippen molar-refractivity contribution in [2.45, 2.75) is 12.5 Å². The van der Waals surface area contributed by atoms with Gasteiger partial charge >= 0.3 is 5.97 Å². The van der Waals surface area contributed by atoms with Gasteiger partial charge in [-0.15, -0.1) is 0 Å². The summed E-state index contributed by atoms with van der Waals surface area (Å²) >= 11 is 0. The Labute approximate surface area is 173 Å². The lowest BCUT2D eigenvalue weighted by atomic mass is 10.1. The molecule has 7 nitrogen and oxygen atoms in total. The number of para-hydroxylation sites is 1. The van der Waals surface area contributed by atoms with E-state index in [0.29, 0.717) is 12.1 Å². The number of nitrogens with one attached hydrogen (secondary N) is 1. The number of nitrogens with zero attached hydrogens (tertiary/aromatic N) is 1. The molecule has 0 aliphatic carbocycles. The first-order valence-corrected chi connectivity index (χ1v) is 9.57. The van der Waals surface area contributed by atoms with Crippen LogP contribution in [0.3, 0.4) is 0 Å². The van der Waals surface area contributed by atoms with Crippen molar-refractivity contribution in [3.8, 4) is 0 Å². The van der Waals surface area contributed by atoms with Gasteiger partial charge in [0.1, 0.15) is 0 Å². The monoisotopic (exact) mass is 404 g/mol. The van der Waals surface area contributed by atoms with Gasteiger partial charge in [0.2, 0.25) is 0 Å². The van der Waals surface area contributed by atoms with Crippen molar-refractivity contribution >= 4 is 23.5 Å². The molecular weight excluding hydrogens is 384 g/mol. The number of rotatable bonds is 6. The minimum absolute atomic E-state index is 0.0773. The van der Waals surface area contributed by atoms with Crippen molar-refractivity contribution in [2.24, 2.45) is 0 Å². The maximum absolute atomic E-state index is 12.8. The molecule has 1 aliphatic heterocycles. The van der Waals surface area contributed by atoms with E-state index in [0.717, 1.165) is 17.7 Å². The normalized spacial score (nSPS) is 13.4. The number of benzene rings is 2. The lowest BCUT2D eigenvalue weighted by Gasteiger charge is -2.20. The molecule has 1 N–H and O–H groups in total. The topological polar surface area (TPSA) is 88.8 Å². The molecule has 0 spiro atoms. The fraction of sp³-hybridized carbons (Fsp3) is 0.174. The maximum atomic E-state index is 12.8. The Morgan fingerprint density at radius 1 is 1.00 bits per heavy atom. The first-order chi connectivity index (χ1) is 14.6. The minimum atomic E-state index is -1.07. The number of carbonyl (C=O) groups excluding carboxylic acids is 3. The Kier molecular flexibility index (Phi) is 5.61. The zero-order valence-electron chi connectivity index (χ0n) is 16.1. The SMILES string of the molecule is O=C(NC(C(=O)OCC(=O)N1CCc2ccccc21)c1ccccc1)c1ccco1. The molecule has 2 heterocycles. The number of carbonyl (C=O) groups is 3. The number of hydrogen-bond donors (Lipinski definition) is 1. The molecule has 0 saturated heterocycles. The molecule has 1 unspecified atom stereocenters. The summed E-state index contributed by atoms with van der Waals surface area (Å²) in [5, 5.41) is 2.61. The third-order valence-corrected chi connectivity index (χ3v) is 4.92. The highest BCUT2D eigenvalue weighted by Gasteiger charge is 2.29. The zero-order chi connectivity index (χ0) is 20.9. The quantitative estimate of drug-likeness (QED) is 0.638. The van der Waals surface area contributed by atoms with Crippen LogP contribution in [0.15, 0.2) is 77.4 Å². The van der Waals surface area contributed by atoms with Gasteiger partial charge in [-0.1, -0.05) is 48.5 Å². The molecule has 0 fully saturated rings. The number of hydrogen-bond acceptors (Lipinski definition) is 5. The summed E-state index contributed by atoms with van der Waals surface area (Å²) in [5.74, 6) is -1.50. The van der Waals surface area contributed by atoms with Gasteiger partial charge in [-0.3, -0.25) is 9.59 Å². The molecule has 2 aromatic carbocycles. The molecule has 1 aliphatic rings. The predicted molar refractivity (Wildman–Crippen MR) is 109 cm³/mol. The van der Waals surface area contributed by atoms with Crippen LogP contribution in [-0.2, 0) is 20.7 Å². The average molecular weight is 404 g/mol. The molecule has 3 aromatic rings. The second kappa shape index (κ2) is 8.65. The van der Waals surface area contributed by atoms with Crippen molar-refractivity contribution in [1.29, 1.82) is 0 Å². The van der Waals surface area contributed by atoms with Gasteiger partial charge in [0, 0.05) is 12.2 Å². The lowest BCUT2D eigenvalue weighted by Crippen LogP contribution is -2.38. The van der Waals surface area contributed by atoms with Gasteiger partial charge in [-0.05, 0) is 35.7 Å². The van der Waals surface area contributed by atoms with Crippen LogP contribution < -0.4 is 10.2 Å². The largest absolute Gasteiger partial charge is 0.459 e. The van der Waals surface area contributed by atoms with Crippen molar-refractivity contribution in [3.05, 3.63) is 89.9 Å². The minimum Gasteiger partial charge on any atom is -0.459 e. The summed E-state index contributed by atoms with van der Waals surface area (Å²) in [7, 11) is 0. The van der Waals surface area contributed by atoms with E-state index >= 15 is 0 Å². The van der Waals surface area contributed by atoms with E-state index in [1.165, 1.54) is 12.3 Å². The molecule has 0 saturated carbocycles. The third kappa shape index (κ3) is 4.10. The molecule has 30 heavy (non-hydrogen) atoms. The van der Waals surface area contributed by atoms with Crippen LogP contribution in [0.2, 0.25) is 0 Å². The zero-order valence-corrected chi connectivity index (χ0v) is 16.1. The fourth-order valence-corrected chi connectivity index (χ4v) is 3.43. The molecular formula is C23H20N2O5. The fourth-order valence-electron chi connectivity index (χ4n) is 3.43. The molecule has 4 rings (SSSR count). The van der Waals surface area contributed by atoms with Crippen LogP contribution >= 0.6 is 0 Å². The van der Waals surface area contributed by atoms with Crippen LogP contribution in [0.5, 0.6) is 0 Å². The van der Waals surface area contributed by atoms with Crippen molar-refractivity contribution in [3.63, 3.8) is 0 Å². The number of furan rings is 1. The van der Waals surface area contributed by atoms with Crippen LogP contribution in [0.1, 0.15) is 27.7 Å². The van der Waals surface area contributed by atoms with Gasteiger partial charge in [-0.2, -0.15) is 0 Å². The smallest absolute Gasteiger partial charge is 0.333 e. The highest BCUT2D eigenvalue weighted by Crippen LogP contribution is 2.27. The summed E-state index contributed by atoms with van der Waals surface area (Å²) < 4.78 is 10.4. The molecule has 152 valence electrons. The van der Waals surface area contributed by atoms with Gasteiger partial charge in [-0.25, -0.2) is 4.79 Å². The maximum Gasteiger partial charge on any atom is 0.333 e. The Morgan fingerprint density at radius 3 is 2.53 bits per heavy atom. The Hall–Kier alpha value is -3.87. The highest BCUT2D eigenvalue weighted by molar-refractivity contribution is 5.98. The van der Waals surface area contributed by atoms with E-state index in [1.807, 2.05) is 24.3 Å². The number of ether oxygens (including phenoxy) is 1. The summed E-state index contributed by atoms with van der Waals surface area (Å²) in [6.45, 7) is 0.139. The van der Waals surface area contributed by atoms with Crippen LogP contribution in [0, 0.1) is 0 Å². The average Bonchev–Trinajstić information content (AvgIpc) is 3.46. The van der Waals surface area contributed by atoms with Gasteiger partial charge in [0.05, 0.1) is 6.26 Å². The van der Waals surface area contributed by atoms with E-state index in [1.54, 1.807) is 41.3 Å². The van der Waals surface area contributed by atoms with E-state index in [2.05, 4.69) is 5.32 Å². The first-order valence-electron chi connectivity index (χ1n) is 9.57. The Bertz CT molecular complexity index is 1050. The molecule has 0 radical (unpaired) electrons. The number of esters is 1. The molecule has 1 atom stereocenters. The van der Waals surface area contributed by atoms with Crippen molar-refractivity contribution in [1.82, 2.24) is 5.32 Å². The standard InChI is InChI=1S/C23H20N2O5/c26-20(25-13-12-16-7-4-5-10-18(16)25)15-30-23(28)21(17-8-2-1-3-9-17)24-22(27)19-11-6-14-29-19/h1-11,14,21H,12-13,15H2,(H,24,27). The molecule has 0 bridgehead atoms. The number of amides is 2. The first kappa shape index (κ1) is 19.4. The highest BCUT2D eigenvalue weighted by atomic mass is 16.5. The number of anilines is 1. The van der Waals surface area contributed by atoms with Crippen LogP contribution in [0.4, 0.5) is 5.69 Å². The Morgan fingerprint density at radius 2 is 1.77 bits per heavy atom. The second-order valence-electron chi connectivity index (χ2n) is 6.83. The van der Waals surface area contributed by atoms with E-state index in [4.69, 9.17) is 9.15 Å². The van der Waals surface area contributed by atoms with E-state index in [-0.39, 0.29) is 11.7 Å². The molecule has 1 aromatic heterocycles. The third-order valence-electron chi connectivity index (χ3n) is 4.92. The number of fused-ring (bicyclic) bond motifs is 1. The van der Waals surface area contributed by atoms with Crippen molar-refractivity contribution in [2.75, 3.05) is 18.1 Å².